The summed E-state index contributed by atoms with van der Waals surface area (Å²) in [4.78, 5) is 0. The van der Waals surface area contributed by atoms with E-state index in [2.05, 4.69) is 5.32 Å². The molecule has 1 aromatic heterocycles. The molecule has 2 nitrogen and oxygen atoms in total. The second-order valence-corrected chi connectivity index (χ2v) is 5.44. The third-order valence-corrected chi connectivity index (χ3v) is 3.60. The maximum Gasteiger partial charge on any atom is 0.159 e. The third kappa shape index (κ3) is 3.84. The number of halogens is 2. The summed E-state index contributed by atoms with van der Waals surface area (Å²) in [5, 5.41) is 3.23. The van der Waals surface area contributed by atoms with E-state index in [1.807, 2.05) is 25.3 Å². The first-order chi connectivity index (χ1) is 9.60. The van der Waals surface area contributed by atoms with Crippen LogP contribution in [-0.4, -0.2) is 6.26 Å². The zero-order valence-corrected chi connectivity index (χ0v) is 12.3. The minimum atomic E-state index is -0.825. The lowest BCUT2D eigenvalue weighted by Crippen LogP contribution is -2.18. The minimum absolute atomic E-state index is 0.0841. The largest absolute Gasteiger partial charge is 0.464 e. The third-order valence-electron chi connectivity index (χ3n) is 3.03. The molecule has 1 atom stereocenters. The molecule has 0 spiro atoms. The van der Waals surface area contributed by atoms with Crippen LogP contribution < -0.4 is 5.32 Å². The molecule has 0 aliphatic rings. The van der Waals surface area contributed by atoms with Crippen molar-refractivity contribution in [2.24, 2.45) is 0 Å². The first kappa shape index (κ1) is 15.1. The van der Waals surface area contributed by atoms with Gasteiger partial charge in [0.05, 0.1) is 12.3 Å². The van der Waals surface area contributed by atoms with Gasteiger partial charge >= 0.3 is 0 Å². The zero-order valence-electron chi connectivity index (χ0n) is 11.5. The maximum absolute atomic E-state index is 13.2. The predicted molar refractivity (Wildman–Crippen MR) is 77.5 cm³/mol. The lowest BCUT2D eigenvalue weighted by molar-refractivity contribution is 0.440. The monoisotopic (exact) mass is 297 g/mol. The van der Waals surface area contributed by atoms with E-state index in [1.165, 1.54) is 6.07 Å². The van der Waals surface area contributed by atoms with Gasteiger partial charge in [-0.2, -0.15) is 11.8 Å². The van der Waals surface area contributed by atoms with E-state index in [0.717, 1.165) is 23.3 Å². The van der Waals surface area contributed by atoms with Gasteiger partial charge in [0.1, 0.15) is 11.5 Å². The molecule has 108 valence electrons. The van der Waals surface area contributed by atoms with Gasteiger partial charge in [0.25, 0.3) is 0 Å². The summed E-state index contributed by atoms with van der Waals surface area (Å²) in [5.41, 5.74) is 0.708. The van der Waals surface area contributed by atoms with Crippen LogP contribution in [-0.2, 0) is 12.3 Å². The number of nitrogens with one attached hydrogen (secondary N) is 1. The van der Waals surface area contributed by atoms with Crippen molar-refractivity contribution in [3.05, 3.63) is 59.1 Å². The second kappa shape index (κ2) is 6.90. The van der Waals surface area contributed by atoms with Gasteiger partial charge < -0.3 is 9.73 Å². The number of furan rings is 1. The van der Waals surface area contributed by atoms with Gasteiger partial charge in [0.2, 0.25) is 0 Å². The second-order valence-electron chi connectivity index (χ2n) is 4.58. The fourth-order valence-corrected chi connectivity index (χ4v) is 2.33. The summed E-state index contributed by atoms with van der Waals surface area (Å²) in [6.45, 7) is 2.45. The Morgan fingerprint density at radius 1 is 1.15 bits per heavy atom. The summed E-state index contributed by atoms with van der Waals surface area (Å²) >= 11 is 1.70. The molecular weight excluding hydrogens is 280 g/mol. The van der Waals surface area contributed by atoms with Crippen molar-refractivity contribution < 1.29 is 13.2 Å². The summed E-state index contributed by atoms with van der Waals surface area (Å²) in [6, 6.07) is 7.74. The van der Waals surface area contributed by atoms with E-state index in [1.54, 1.807) is 17.8 Å². The van der Waals surface area contributed by atoms with Crippen molar-refractivity contribution in [1.82, 2.24) is 5.32 Å². The van der Waals surface area contributed by atoms with Crippen LogP contribution in [0.3, 0.4) is 0 Å². The van der Waals surface area contributed by atoms with Crippen LogP contribution >= 0.6 is 11.8 Å². The molecule has 20 heavy (non-hydrogen) atoms. The Balaban J connectivity index is 1.93. The van der Waals surface area contributed by atoms with Gasteiger partial charge in [0, 0.05) is 6.04 Å². The lowest BCUT2D eigenvalue weighted by atomic mass is 10.1. The summed E-state index contributed by atoms with van der Waals surface area (Å²) in [5.74, 6) is 0.974. The molecule has 2 aromatic rings. The van der Waals surface area contributed by atoms with Crippen molar-refractivity contribution in [1.29, 1.82) is 0 Å². The number of hydrogen-bond donors (Lipinski definition) is 1. The molecule has 0 aliphatic carbocycles. The van der Waals surface area contributed by atoms with E-state index >= 15 is 0 Å². The quantitative estimate of drug-likeness (QED) is 0.862. The Hall–Kier alpha value is -1.33. The van der Waals surface area contributed by atoms with Crippen molar-refractivity contribution in [3.63, 3.8) is 0 Å². The first-order valence-electron chi connectivity index (χ1n) is 6.35. The fourth-order valence-electron chi connectivity index (χ4n) is 1.89. The molecule has 0 radical (unpaired) electrons. The predicted octanol–water partition coefficient (Wildman–Crippen LogP) is 4.27. The van der Waals surface area contributed by atoms with Gasteiger partial charge in [-0.25, -0.2) is 8.78 Å². The molecule has 1 N–H and O–H groups in total. The number of hydrogen-bond acceptors (Lipinski definition) is 3. The van der Waals surface area contributed by atoms with Gasteiger partial charge in [-0.1, -0.05) is 6.07 Å². The Labute approximate surface area is 121 Å². The highest BCUT2D eigenvalue weighted by Crippen LogP contribution is 2.18. The molecular formula is C15H17F2NOS. The molecule has 0 amide bonds. The number of thioether (sulfide) groups is 1. The Morgan fingerprint density at radius 2 is 1.90 bits per heavy atom. The maximum atomic E-state index is 13.2. The van der Waals surface area contributed by atoms with Crippen molar-refractivity contribution in [3.8, 4) is 0 Å². The van der Waals surface area contributed by atoms with Gasteiger partial charge in [-0.3, -0.25) is 0 Å². The van der Waals surface area contributed by atoms with Crippen molar-refractivity contribution >= 4 is 11.8 Å². The van der Waals surface area contributed by atoms with Crippen molar-refractivity contribution in [2.45, 2.75) is 25.3 Å². The van der Waals surface area contributed by atoms with E-state index < -0.39 is 11.6 Å². The zero-order chi connectivity index (χ0) is 14.5. The summed E-state index contributed by atoms with van der Waals surface area (Å²) < 4.78 is 31.7. The van der Waals surface area contributed by atoms with E-state index in [4.69, 9.17) is 4.42 Å². The lowest BCUT2D eigenvalue weighted by Gasteiger charge is -2.13. The minimum Gasteiger partial charge on any atom is -0.464 e. The van der Waals surface area contributed by atoms with Crippen LogP contribution in [0.2, 0.25) is 0 Å². The van der Waals surface area contributed by atoms with E-state index in [9.17, 15) is 8.78 Å². The molecule has 1 unspecified atom stereocenters. The fraction of sp³-hybridized carbons (Fsp3) is 0.333. The highest BCUT2D eigenvalue weighted by molar-refractivity contribution is 7.97. The molecule has 0 saturated heterocycles. The Morgan fingerprint density at radius 3 is 2.60 bits per heavy atom. The van der Waals surface area contributed by atoms with Gasteiger partial charge in [0.15, 0.2) is 11.6 Å². The van der Waals surface area contributed by atoms with Crippen molar-refractivity contribution in [2.75, 3.05) is 6.26 Å². The topological polar surface area (TPSA) is 25.2 Å². The molecule has 0 bridgehead atoms. The highest BCUT2D eigenvalue weighted by atomic mass is 32.2. The van der Waals surface area contributed by atoms with Crippen LogP contribution in [0.4, 0.5) is 8.78 Å². The number of rotatable bonds is 6. The van der Waals surface area contributed by atoms with Crippen LogP contribution in [0.1, 0.15) is 30.0 Å². The average Bonchev–Trinajstić information content (AvgIpc) is 2.87. The SMILES string of the molecule is CSCc1ccc(CNC(C)c2ccc(F)c(F)c2)o1. The Kier molecular flexibility index (Phi) is 5.20. The van der Waals surface area contributed by atoms with E-state index in [0.29, 0.717) is 12.1 Å². The smallest absolute Gasteiger partial charge is 0.159 e. The summed E-state index contributed by atoms with van der Waals surface area (Å²) in [6.07, 6.45) is 2.02. The van der Waals surface area contributed by atoms with Crippen LogP contribution in [0.25, 0.3) is 0 Å². The highest BCUT2D eigenvalue weighted by Gasteiger charge is 2.10. The molecule has 0 fully saturated rings. The molecule has 0 aliphatic heterocycles. The van der Waals surface area contributed by atoms with E-state index in [-0.39, 0.29) is 6.04 Å². The molecule has 2 rings (SSSR count). The van der Waals surface area contributed by atoms with Gasteiger partial charge in [-0.05, 0) is 43.0 Å². The Bertz CT molecular complexity index is 571. The van der Waals surface area contributed by atoms with Crippen LogP contribution in [0, 0.1) is 11.6 Å². The standard InChI is InChI=1S/C15H17F2NOS/c1-10(11-3-6-14(16)15(17)7-11)18-8-12-4-5-13(19-12)9-20-2/h3-7,10,18H,8-9H2,1-2H3. The average molecular weight is 297 g/mol. The normalized spacial score (nSPS) is 12.6. The molecule has 0 saturated carbocycles. The van der Waals surface area contributed by atoms with Crippen LogP contribution in [0.15, 0.2) is 34.7 Å². The molecule has 1 heterocycles. The van der Waals surface area contributed by atoms with Gasteiger partial charge in [-0.15, -0.1) is 0 Å². The molecule has 1 aromatic carbocycles. The number of benzene rings is 1. The van der Waals surface area contributed by atoms with Crippen LogP contribution in [0.5, 0.6) is 0 Å². The summed E-state index contributed by atoms with van der Waals surface area (Å²) in [7, 11) is 0. The first-order valence-corrected chi connectivity index (χ1v) is 7.74. The molecule has 5 heteroatoms.